The first kappa shape index (κ1) is 31.5. The number of halogens is 2. The average molecular weight is 605 g/mol. The molecule has 0 aliphatic rings. The molecule has 1 unspecified atom stereocenters. The van der Waals surface area contributed by atoms with Crippen LogP contribution in [0.25, 0.3) is 0 Å². The zero-order chi connectivity index (χ0) is 29.7. The standard InChI is InChI=1S/C30H35Cl2N3O4S/c1-21-14-15-25(18-26(21)32)35(40(5,38)39)20-28(36)34(19-23-12-9-13-24(31)16-23)27(29(37)33-30(2,3)4)17-22-10-7-6-8-11-22/h6-16,18,27H,17,19-20H2,1-5H3,(H,33,37). The number of hydrogen-bond acceptors (Lipinski definition) is 4. The molecule has 0 aliphatic carbocycles. The molecule has 40 heavy (non-hydrogen) atoms. The molecule has 0 heterocycles. The van der Waals surface area contributed by atoms with Crippen molar-refractivity contribution >= 4 is 50.7 Å². The molecule has 0 radical (unpaired) electrons. The first-order valence-electron chi connectivity index (χ1n) is 12.8. The van der Waals surface area contributed by atoms with Gasteiger partial charge in [0.05, 0.1) is 11.9 Å². The summed E-state index contributed by atoms with van der Waals surface area (Å²) in [5, 5.41) is 3.85. The Morgan fingerprint density at radius 1 is 0.925 bits per heavy atom. The molecule has 0 fully saturated rings. The van der Waals surface area contributed by atoms with Crippen molar-refractivity contribution in [2.75, 3.05) is 17.1 Å². The second-order valence-electron chi connectivity index (χ2n) is 10.8. The second-order valence-corrected chi connectivity index (χ2v) is 13.5. The lowest BCUT2D eigenvalue weighted by atomic mass is 10.0. The number of nitrogens with zero attached hydrogens (tertiary/aromatic N) is 2. The van der Waals surface area contributed by atoms with E-state index in [1.807, 2.05) is 57.2 Å². The summed E-state index contributed by atoms with van der Waals surface area (Å²) in [6.07, 6.45) is 1.26. The molecule has 0 bridgehead atoms. The van der Waals surface area contributed by atoms with Crippen LogP contribution in [0.2, 0.25) is 10.0 Å². The third-order valence-corrected chi connectivity index (χ3v) is 7.92. The van der Waals surface area contributed by atoms with E-state index in [-0.39, 0.29) is 24.6 Å². The Bertz CT molecular complexity index is 1460. The van der Waals surface area contributed by atoms with Crippen LogP contribution in [0.1, 0.15) is 37.5 Å². The van der Waals surface area contributed by atoms with E-state index in [1.54, 1.807) is 37.3 Å². The Morgan fingerprint density at radius 3 is 2.15 bits per heavy atom. The van der Waals surface area contributed by atoms with Gasteiger partial charge in [-0.25, -0.2) is 8.42 Å². The van der Waals surface area contributed by atoms with Crippen LogP contribution in [0.4, 0.5) is 5.69 Å². The van der Waals surface area contributed by atoms with Crippen molar-refractivity contribution in [2.45, 2.75) is 52.2 Å². The molecule has 0 saturated heterocycles. The van der Waals surface area contributed by atoms with Crippen LogP contribution in [-0.2, 0) is 32.6 Å². The summed E-state index contributed by atoms with van der Waals surface area (Å²) in [5.74, 6) is -0.900. The molecule has 2 amide bonds. The summed E-state index contributed by atoms with van der Waals surface area (Å²) < 4.78 is 26.8. The number of amides is 2. The van der Waals surface area contributed by atoms with Crippen molar-refractivity contribution in [3.63, 3.8) is 0 Å². The predicted octanol–water partition coefficient (Wildman–Crippen LogP) is 5.62. The minimum atomic E-state index is -3.88. The smallest absolute Gasteiger partial charge is 0.244 e. The van der Waals surface area contributed by atoms with E-state index < -0.39 is 34.1 Å². The summed E-state index contributed by atoms with van der Waals surface area (Å²) in [6.45, 7) is 6.91. The SMILES string of the molecule is Cc1ccc(N(CC(=O)N(Cc2cccc(Cl)c2)C(Cc2ccccc2)C(=O)NC(C)(C)C)S(C)(=O)=O)cc1Cl. The molecular weight excluding hydrogens is 569 g/mol. The molecule has 3 rings (SSSR count). The first-order chi connectivity index (χ1) is 18.6. The van der Waals surface area contributed by atoms with Crippen molar-refractivity contribution in [1.82, 2.24) is 10.2 Å². The summed E-state index contributed by atoms with van der Waals surface area (Å²) in [5.41, 5.74) is 2.02. The van der Waals surface area contributed by atoms with Crippen molar-refractivity contribution < 1.29 is 18.0 Å². The zero-order valence-corrected chi connectivity index (χ0v) is 25.6. The van der Waals surface area contributed by atoms with E-state index >= 15 is 0 Å². The van der Waals surface area contributed by atoms with Gasteiger partial charge >= 0.3 is 0 Å². The molecule has 3 aromatic rings. The number of carbonyl (C=O) groups excluding carboxylic acids is 2. The fourth-order valence-corrected chi connectivity index (χ4v) is 5.42. The van der Waals surface area contributed by atoms with Crippen molar-refractivity contribution in [2.24, 2.45) is 0 Å². The molecule has 0 aliphatic heterocycles. The molecule has 10 heteroatoms. The Kier molecular flexibility index (Phi) is 10.3. The quantitative estimate of drug-likeness (QED) is 0.326. The lowest BCUT2D eigenvalue weighted by Crippen LogP contribution is -2.56. The number of carbonyl (C=O) groups is 2. The zero-order valence-electron chi connectivity index (χ0n) is 23.3. The van der Waals surface area contributed by atoms with E-state index in [0.29, 0.717) is 15.6 Å². The molecule has 0 aromatic heterocycles. The number of anilines is 1. The number of aryl methyl sites for hydroxylation is 1. The molecular formula is C30H35Cl2N3O4S. The fraction of sp³-hybridized carbons (Fsp3) is 0.333. The third-order valence-electron chi connectivity index (χ3n) is 6.13. The summed E-state index contributed by atoms with van der Waals surface area (Å²) in [4.78, 5) is 29.2. The number of rotatable bonds is 10. The monoisotopic (exact) mass is 603 g/mol. The normalized spacial score (nSPS) is 12.5. The number of benzene rings is 3. The Balaban J connectivity index is 2.09. The predicted molar refractivity (Wildman–Crippen MR) is 162 cm³/mol. The van der Waals surface area contributed by atoms with Crippen LogP contribution < -0.4 is 9.62 Å². The van der Waals surface area contributed by atoms with E-state index in [4.69, 9.17) is 23.2 Å². The van der Waals surface area contributed by atoms with E-state index in [9.17, 15) is 18.0 Å². The number of nitrogens with one attached hydrogen (secondary N) is 1. The molecule has 7 nitrogen and oxygen atoms in total. The van der Waals surface area contributed by atoms with E-state index in [2.05, 4.69) is 5.32 Å². The molecule has 0 saturated carbocycles. The third kappa shape index (κ3) is 8.98. The van der Waals surface area contributed by atoms with E-state index in [0.717, 1.165) is 21.7 Å². The molecule has 0 spiro atoms. The van der Waals surface area contributed by atoms with Crippen LogP contribution in [0.5, 0.6) is 0 Å². The number of sulfonamides is 1. The highest BCUT2D eigenvalue weighted by atomic mass is 35.5. The van der Waals surface area contributed by atoms with Gasteiger partial charge in [0.1, 0.15) is 12.6 Å². The Hall–Kier alpha value is -3.07. The lowest BCUT2D eigenvalue weighted by Gasteiger charge is -2.35. The van der Waals surface area contributed by atoms with Crippen LogP contribution in [0, 0.1) is 6.92 Å². The van der Waals surface area contributed by atoms with Gasteiger partial charge < -0.3 is 10.2 Å². The summed E-state index contributed by atoms with van der Waals surface area (Å²) in [7, 11) is -3.88. The minimum Gasteiger partial charge on any atom is -0.350 e. The van der Waals surface area contributed by atoms with Crippen LogP contribution in [0.15, 0.2) is 72.8 Å². The first-order valence-corrected chi connectivity index (χ1v) is 15.4. The minimum absolute atomic E-state index is 0.0424. The Morgan fingerprint density at radius 2 is 1.57 bits per heavy atom. The lowest BCUT2D eigenvalue weighted by molar-refractivity contribution is -0.140. The maximum atomic E-state index is 14.1. The maximum absolute atomic E-state index is 14.1. The second kappa shape index (κ2) is 13.1. The van der Waals surface area contributed by atoms with Crippen LogP contribution in [0.3, 0.4) is 0 Å². The van der Waals surface area contributed by atoms with Gasteiger partial charge in [-0.15, -0.1) is 0 Å². The van der Waals surface area contributed by atoms with Crippen molar-refractivity contribution in [3.8, 4) is 0 Å². The van der Waals surface area contributed by atoms with Crippen molar-refractivity contribution in [1.29, 1.82) is 0 Å². The van der Waals surface area contributed by atoms with Gasteiger partial charge in [0.2, 0.25) is 21.8 Å². The molecule has 1 N–H and O–H groups in total. The van der Waals surface area contributed by atoms with Crippen LogP contribution in [-0.4, -0.2) is 49.5 Å². The maximum Gasteiger partial charge on any atom is 0.244 e. The topological polar surface area (TPSA) is 86.8 Å². The highest BCUT2D eigenvalue weighted by molar-refractivity contribution is 7.92. The van der Waals surface area contributed by atoms with Gasteiger partial charge in [0, 0.05) is 28.5 Å². The van der Waals surface area contributed by atoms with Gasteiger partial charge in [0.15, 0.2) is 0 Å². The van der Waals surface area contributed by atoms with Gasteiger partial charge in [-0.05, 0) is 68.7 Å². The molecule has 1 atom stereocenters. The highest BCUT2D eigenvalue weighted by Gasteiger charge is 2.34. The van der Waals surface area contributed by atoms with Crippen molar-refractivity contribution in [3.05, 3.63) is 99.5 Å². The summed E-state index contributed by atoms with van der Waals surface area (Å²) >= 11 is 12.5. The largest absolute Gasteiger partial charge is 0.350 e. The molecule has 214 valence electrons. The molecule has 3 aromatic carbocycles. The van der Waals surface area contributed by atoms with Gasteiger partial charge in [-0.1, -0.05) is 71.7 Å². The highest BCUT2D eigenvalue weighted by Crippen LogP contribution is 2.26. The Labute approximate surface area is 247 Å². The van der Waals surface area contributed by atoms with Crippen LogP contribution >= 0.6 is 23.2 Å². The van der Waals surface area contributed by atoms with Gasteiger partial charge in [-0.2, -0.15) is 0 Å². The average Bonchev–Trinajstić information content (AvgIpc) is 2.85. The van der Waals surface area contributed by atoms with E-state index in [1.165, 1.54) is 11.0 Å². The fourth-order valence-electron chi connectivity index (χ4n) is 4.19. The number of hydrogen-bond donors (Lipinski definition) is 1. The van der Waals surface area contributed by atoms with Gasteiger partial charge in [0.25, 0.3) is 0 Å². The summed E-state index contributed by atoms with van der Waals surface area (Å²) in [6, 6.07) is 20.3. The van der Waals surface area contributed by atoms with Gasteiger partial charge in [-0.3, -0.25) is 13.9 Å².